The normalized spacial score (nSPS) is 10.5. The molecular weight excluding hydrogens is 462 g/mol. The van der Waals surface area contributed by atoms with Crippen molar-refractivity contribution < 1.29 is 19.1 Å². The summed E-state index contributed by atoms with van der Waals surface area (Å²) >= 11 is 0. The molecule has 4 aromatic rings. The minimum Gasteiger partial charge on any atom is -0.497 e. The maximum Gasteiger partial charge on any atom is 0.256 e. The second-order valence-electron chi connectivity index (χ2n) is 7.66. The Kier molecular flexibility index (Phi) is 7.00. The van der Waals surface area contributed by atoms with Crippen LogP contribution in [0.1, 0.15) is 15.9 Å². The molecule has 0 bridgehead atoms. The fourth-order valence-corrected chi connectivity index (χ4v) is 3.47. The molecule has 11 nitrogen and oxygen atoms in total. The molecule has 0 saturated carbocycles. The second kappa shape index (κ2) is 10.5. The summed E-state index contributed by atoms with van der Waals surface area (Å²) in [5, 5.41) is 9.02. The Balaban J connectivity index is 1.56. The lowest BCUT2D eigenvalue weighted by molar-refractivity contribution is -0.111. The van der Waals surface area contributed by atoms with Gasteiger partial charge in [0.05, 0.1) is 20.4 Å². The summed E-state index contributed by atoms with van der Waals surface area (Å²) in [6.07, 6.45) is 4.46. The number of nitrogens with one attached hydrogen (secondary N) is 3. The third-order valence-corrected chi connectivity index (χ3v) is 5.25. The van der Waals surface area contributed by atoms with Gasteiger partial charge >= 0.3 is 0 Å². The second-order valence-corrected chi connectivity index (χ2v) is 7.66. The van der Waals surface area contributed by atoms with Gasteiger partial charge in [-0.3, -0.25) is 14.0 Å². The van der Waals surface area contributed by atoms with E-state index in [4.69, 9.17) is 15.2 Å². The SMILES string of the molecule is C=CC(=O)Nc1ccc(CNc2cn3cnc(Nc4cc(OC)cc(OC)c4)c(C(N)=O)c3n2)cc1. The van der Waals surface area contributed by atoms with Gasteiger partial charge in [-0.25, -0.2) is 9.97 Å². The summed E-state index contributed by atoms with van der Waals surface area (Å²) < 4.78 is 12.2. The third-order valence-electron chi connectivity index (χ3n) is 5.25. The molecule has 2 heterocycles. The van der Waals surface area contributed by atoms with Crippen molar-refractivity contribution in [3.8, 4) is 11.5 Å². The summed E-state index contributed by atoms with van der Waals surface area (Å²) in [6.45, 7) is 3.90. The van der Waals surface area contributed by atoms with E-state index in [0.29, 0.717) is 40.9 Å². The standard InChI is InChI=1S/C25H25N7O4/c1-4-21(33)29-16-7-5-15(6-8-16)12-27-20-13-32-14-28-24(22(23(26)34)25(32)31-20)30-17-9-18(35-2)11-19(10-17)36-3/h4-11,13-14,27,30H,1,12H2,2-3H3,(H2,26,34)(H,29,33). The molecule has 184 valence electrons. The number of carbonyl (C=O) groups excluding carboxylic acids is 2. The molecule has 5 N–H and O–H groups in total. The van der Waals surface area contributed by atoms with Crippen LogP contribution in [0.3, 0.4) is 0 Å². The van der Waals surface area contributed by atoms with E-state index in [2.05, 4.69) is 32.5 Å². The molecule has 0 spiro atoms. The predicted molar refractivity (Wildman–Crippen MR) is 137 cm³/mol. The van der Waals surface area contributed by atoms with Gasteiger partial charge in [0, 0.05) is 36.1 Å². The number of aromatic nitrogens is 3. The van der Waals surface area contributed by atoms with Crippen molar-refractivity contribution in [2.24, 2.45) is 5.73 Å². The summed E-state index contributed by atoms with van der Waals surface area (Å²) in [5.74, 6) is 0.968. The molecular formula is C25H25N7O4. The van der Waals surface area contributed by atoms with E-state index in [1.807, 2.05) is 12.1 Å². The van der Waals surface area contributed by atoms with Gasteiger partial charge < -0.3 is 31.2 Å². The van der Waals surface area contributed by atoms with Crippen LogP contribution in [0, 0.1) is 0 Å². The average Bonchev–Trinajstić information content (AvgIpc) is 3.30. The van der Waals surface area contributed by atoms with E-state index >= 15 is 0 Å². The Labute approximate surface area is 207 Å². The van der Waals surface area contributed by atoms with Crippen molar-refractivity contribution in [1.29, 1.82) is 0 Å². The van der Waals surface area contributed by atoms with Gasteiger partial charge in [-0.15, -0.1) is 0 Å². The van der Waals surface area contributed by atoms with Crippen LogP contribution in [-0.2, 0) is 11.3 Å². The monoisotopic (exact) mass is 487 g/mol. The topological polar surface area (TPSA) is 145 Å². The van der Waals surface area contributed by atoms with Crippen molar-refractivity contribution in [1.82, 2.24) is 14.4 Å². The number of ether oxygens (including phenoxy) is 2. The van der Waals surface area contributed by atoms with Crippen LogP contribution >= 0.6 is 0 Å². The fourth-order valence-electron chi connectivity index (χ4n) is 3.47. The van der Waals surface area contributed by atoms with Crippen LogP contribution in [0.5, 0.6) is 11.5 Å². The number of nitrogens with zero attached hydrogens (tertiary/aromatic N) is 3. The summed E-state index contributed by atoms with van der Waals surface area (Å²) in [4.78, 5) is 32.7. The molecule has 4 rings (SSSR count). The largest absolute Gasteiger partial charge is 0.497 e. The van der Waals surface area contributed by atoms with Crippen LogP contribution in [0.4, 0.5) is 23.0 Å². The highest BCUT2D eigenvalue weighted by atomic mass is 16.5. The maximum atomic E-state index is 12.4. The Bertz CT molecular complexity index is 1410. The Morgan fingerprint density at radius 2 is 1.78 bits per heavy atom. The molecule has 0 aliphatic carbocycles. The van der Waals surface area contributed by atoms with E-state index in [9.17, 15) is 9.59 Å². The van der Waals surface area contributed by atoms with Crippen LogP contribution in [0.15, 0.2) is 67.6 Å². The number of hydrogen-bond acceptors (Lipinski definition) is 8. The molecule has 0 radical (unpaired) electrons. The molecule has 0 atom stereocenters. The highest BCUT2D eigenvalue weighted by Gasteiger charge is 2.18. The van der Waals surface area contributed by atoms with E-state index < -0.39 is 5.91 Å². The van der Waals surface area contributed by atoms with Gasteiger partial charge in [0.1, 0.15) is 35.0 Å². The predicted octanol–water partition coefficient (Wildman–Crippen LogP) is 3.33. The smallest absolute Gasteiger partial charge is 0.256 e. The van der Waals surface area contributed by atoms with Gasteiger partial charge in [-0.2, -0.15) is 0 Å². The summed E-state index contributed by atoms with van der Waals surface area (Å²) in [7, 11) is 3.09. The van der Waals surface area contributed by atoms with Crippen LogP contribution in [-0.4, -0.2) is 40.4 Å². The van der Waals surface area contributed by atoms with Gasteiger partial charge in [0.25, 0.3) is 5.91 Å². The number of methoxy groups -OCH3 is 2. The number of anilines is 4. The number of fused-ring (bicyclic) bond motifs is 1. The van der Waals surface area contributed by atoms with Crippen molar-refractivity contribution in [3.63, 3.8) is 0 Å². The number of carbonyl (C=O) groups is 2. The average molecular weight is 488 g/mol. The minimum atomic E-state index is -0.681. The van der Waals surface area contributed by atoms with E-state index in [0.717, 1.165) is 5.56 Å². The number of nitrogens with two attached hydrogens (primary N) is 1. The number of hydrogen-bond donors (Lipinski definition) is 4. The first-order valence-corrected chi connectivity index (χ1v) is 10.8. The van der Waals surface area contributed by atoms with Crippen LogP contribution in [0.25, 0.3) is 5.65 Å². The first-order chi connectivity index (χ1) is 17.4. The van der Waals surface area contributed by atoms with Gasteiger partial charge in [0.15, 0.2) is 5.65 Å². The number of rotatable bonds is 10. The first kappa shape index (κ1) is 24.1. The molecule has 0 saturated heterocycles. The van der Waals surface area contributed by atoms with Crippen molar-refractivity contribution in [3.05, 3.63) is 78.8 Å². The maximum absolute atomic E-state index is 12.4. The zero-order chi connectivity index (χ0) is 25.7. The highest BCUT2D eigenvalue weighted by Crippen LogP contribution is 2.29. The van der Waals surface area contributed by atoms with Crippen LogP contribution in [0.2, 0.25) is 0 Å². The minimum absolute atomic E-state index is 0.134. The van der Waals surface area contributed by atoms with Gasteiger partial charge in [0.2, 0.25) is 5.91 Å². The number of imidazole rings is 1. The van der Waals surface area contributed by atoms with Crippen molar-refractivity contribution >= 4 is 40.5 Å². The molecule has 11 heteroatoms. The van der Waals surface area contributed by atoms with Gasteiger partial charge in [-0.1, -0.05) is 18.7 Å². The van der Waals surface area contributed by atoms with Gasteiger partial charge in [-0.05, 0) is 23.8 Å². The molecule has 2 amide bonds. The lowest BCUT2D eigenvalue weighted by atomic mass is 10.2. The Hall–Kier alpha value is -5.06. The molecule has 2 aromatic heterocycles. The molecule has 0 aliphatic rings. The van der Waals surface area contributed by atoms with Crippen molar-refractivity contribution in [2.45, 2.75) is 6.54 Å². The summed E-state index contributed by atoms with van der Waals surface area (Å²) in [5.41, 5.74) is 8.42. The zero-order valence-electron chi connectivity index (χ0n) is 19.7. The van der Waals surface area contributed by atoms with Crippen LogP contribution < -0.4 is 31.2 Å². The number of primary amides is 1. The number of benzene rings is 2. The van der Waals surface area contributed by atoms with E-state index in [-0.39, 0.29) is 17.3 Å². The Morgan fingerprint density at radius 3 is 2.39 bits per heavy atom. The molecule has 0 aliphatic heterocycles. The fraction of sp³-hybridized carbons (Fsp3) is 0.120. The molecule has 0 unspecified atom stereocenters. The Morgan fingerprint density at radius 1 is 1.08 bits per heavy atom. The van der Waals surface area contributed by atoms with Crippen molar-refractivity contribution in [2.75, 3.05) is 30.2 Å². The number of amides is 2. The first-order valence-electron chi connectivity index (χ1n) is 10.8. The highest BCUT2D eigenvalue weighted by molar-refractivity contribution is 6.04. The lowest BCUT2D eigenvalue weighted by Crippen LogP contribution is -2.16. The molecule has 36 heavy (non-hydrogen) atoms. The van der Waals surface area contributed by atoms with E-state index in [1.165, 1.54) is 12.4 Å². The lowest BCUT2D eigenvalue weighted by Gasteiger charge is -2.12. The third kappa shape index (κ3) is 5.36. The quantitative estimate of drug-likeness (QED) is 0.249. The zero-order valence-corrected chi connectivity index (χ0v) is 19.7. The van der Waals surface area contributed by atoms with E-state index in [1.54, 1.807) is 55.1 Å². The summed E-state index contributed by atoms with van der Waals surface area (Å²) in [6, 6.07) is 12.6. The molecule has 0 fully saturated rings. The molecule has 2 aromatic carbocycles.